The lowest BCUT2D eigenvalue weighted by molar-refractivity contribution is 0.133. The average molecular weight is 342 g/mol. The number of urea groups is 1. The van der Waals surface area contributed by atoms with Crippen LogP contribution in [0.15, 0.2) is 42.9 Å². The summed E-state index contributed by atoms with van der Waals surface area (Å²) in [6, 6.07) is 7.93. The number of amides is 2. The molecule has 1 saturated heterocycles. The van der Waals surface area contributed by atoms with Gasteiger partial charge in [-0.1, -0.05) is 13.0 Å². The molecule has 0 unspecified atom stereocenters. The normalized spacial score (nSPS) is 16.6. The van der Waals surface area contributed by atoms with E-state index >= 15 is 0 Å². The summed E-state index contributed by atoms with van der Waals surface area (Å²) in [6.45, 7) is 7.71. The standard InChI is InChI=1S/C18H26N6O/c1-16(14-24-8-4-7-21-24)13-20-18(25)23-11-9-22(10-12-23)15-17-5-2-3-6-19-17/h2-8,16H,9-15H2,1H3,(H,20,25)/t16-/m1/s1. The zero-order valence-corrected chi connectivity index (χ0v) is 14.7. The molecular weight excluding hydrogens is 316 g/mol. The molecule has 134 valence electrons. The van der Waals surface area contributed by atoms with E-state index in [0.29, 0.717) is 12.5 Å². The van der Waals surface area contributed by atoms with Crippen LogP contribution < -0.4 is 5.32 Å². The molecule has 3 rings (SSSR count). The van der Waals surface area contributed by atoms with Crippen LogP contribution in [-0.4, -0.2) is 63.3 Å². The van der Waals surface area contributed by atoms with E-state index in [9.17, 15) is 4.79 Å². The lowest BCUT2D eigenvalue weighted by Crippen LogP contribution is -2.52. The Morgan fingerprint density at radius 3 is 2.72 bits per heavy atom. The molecule has 25 heavy (non-hydrogen) atoms. The first-order valence-electron chi connectivity index (χ1n) is 8.83. The maximum Gasteiger partial charge on any atom is 0.317 e. The Labute approximate surface area is 148 Å². The van der Waals surface area contributed by atoms with Gasteiger partial charge in [0.25, 0.3) is 0 Å². The fourth-order valence-corrected chi connectivity index (χ4v) is 3.00. The van der Waals surface area contributed by atoms with Crippen LogP contribution in [0.2, 0.25) is 0 Å². The molecule has 0 aromatic carbocycles. The number of hydrogen-bond donors (Lipinski definition) is 1. The van der Waals surface area contributed by atoms with E-state index in [2.05, 4.69) is 27.2 Å². The molecule has 1 aliphatic heterocycles. The highest BCUT2D eigenvalue weighted by Crippen LogP contribution is 2.07. The second-order valence-electron chi connectivity index (χ2n) is 6.60. The Balaban J connectivity index is 1.36. The molecule has 0 saturated carbocycles. The topological polar surface area (TPSA) is 66.3 Å². The second kappa shape index (κ2) is 8.62. The minimum absolute atomic E-state index is 0.0322. The Bertz CT molecular complexity index is 637. The number of aromatic nitrogens is 3. The zero-order valence-electron chi connectivity index (χ0n) is 14.7. The van der Waals surface area contributed by atoms with Gasteiger partial charge in [-0.3, -0.25) is 14.6 Å². The number of hydrogen-bond acceptors (Lipinski definition) is 4. The van der Waals surface area contributed by atoms with E-state index in [1.165, 1.54) is 0 Å². The summed E-state index contributed by atoms with van der Waals surface area (Å²) in [6.07, 6.45) is 5.54. The quantitative estimate of drug-likeness (QED) is 0.863. The van der Waals surface area contributed by atoms with Crippen molar-refractivity contribution >= 4 is 6.03 Å². The minimum atomic E-state index is 0.0322. The molecule has 7 nitrogen and oxygen atoms in total. The Kier molecular flexibility index (Phi) is 6.00. The number of nitrogens with one attached hydrogen (secondary N) is 1. The first-order valence-corrected chi connectivity index (χ1v) is 8.83. The van der Waals surface area contributed by atoms with Gasteiger partial charge in [0.1, 0.15) is 0 Å². The van der Waals surface area contributed by atoms with Crippen LogP contribution >= 0.6 is 0 Å². The first kappa shape index (κ1) is 17.4. The van der Waals surface area contributed by atoms with Gasteiger partial charge in [-0.25, -0.2) is 4.79 Å². The van der Waals surface area contributed by atoms with Crippen molar-refractivity contribution in [3.05, 3.63) is 48.5 Å². The molecule has 2 aromatic rings. The van der Waals surface area contributed by atoms with Crippen molar-refractivity contribution in [1.82, 2.24) is 29.9 Å². The van der Waals surface area contributed by atoms with Crippen LogP contribution in [0, 0.1) is 5.92 Å². The van der Waals surface area contributed by atoms with Crippen LogP contribution in [-0.2, 0) is 13.1 Å². The van der Waals surface area contributed by atoms with Gasteiger partial charge in [-0.05, 0) is 24.1 Å². The minimum Gasteiger partial charge on any atom is -0.338 e. The summed E-state index contributed by atoms with van der Waals surface area (Å²) in [5.74, 6) is 0.342. The molecule has 0 aliphatic carbocycles. The molecule has 7 heteroatoms. The molecule has 1 fully saturated rings. The van der Waals surface area contributed by atoms with Gasteiger partial charge < -0.3 is 10.2 Å². The molecule has 1 N–H and O–H groups in total. The van der Waals surface area contributed by atoms with E-state index in [4.69, 9.17) is 0 Å². The monoisotopic (exact) mass is 342 g/mol. The number of carbonyl (C=O) groups excluding carboxylic acids is 1. The molecule has 1 aliphatic rings. The number of piperazine rings is 1. The van der Waals surface area contributed by atoms with Gasteiger partial charge in [-0.2, -0.15) is 5.10 Å². The van der Waals surface area contributed by atoms with E-state index in [0.717, 1.165) is 45.0 Å². The van der Waals surface area contributed by atoms with Crippen molar-refractivity contribution in [2.45, 2.75) is 20.0 Å². The molecule has 0 bridgehead atoms. The van der Waals surface area contributed by atoms with Crippen molar-refractivity contribution in [2.24, 2.45) is 5.92 Å². The van der Waals surface area contributed by atoms with Gasteiger partial charge >= 0.3 is 6.03 Å². The molecule has 1 atom stereocenters. The molecule has 0 spiro atoms. The van der Waals surface area contributed by atoms with Gasteiger partial charge in [0.15, 0.2) is 0 Å². The van der Waals surface area contributed by atoms with Crippen molar-refractivity contribution < 1.29 is 4.79 Å². The van der Waals surface area contributed by atoms with Gasteiger partial charge in [0.05, 0.1) is 5.69 Å². The largest absolute Gasteiger partial charge is 0.338 e. The van der Waals surface area contributed by atoms with E-state index < -0.39 is 0 Å². The van der Waals surface area contributed by atoms with E-state index in [-0.39, 0.29) is 6.03 Å². The summed E-state index contributed by atoms with van der Waals surface area (Å²) >= 11 is 0. The molecule has 3 heterocycles. The van der Waals surface area contributed by atoms with Crippen molar-refractivity contribution in [3.63, 3.8) is 0 Å². The highest BCUT2D eigenvalue weighted by atomic mass is 16.2. The number of carbonyl (C=O) groups is 1. The van der Waals surface area contributed by atoms with Gasteiger partial charge in [0, 0.05) is 64.4 Å². The Hall–Kier alpha value is -2.41. The third-order valence-corrected chi connectivity index (χ3v) is 4.43. The predicted molar refractivity (Wildman–Crippen MR) is 95.9 cm³/mol. The van der Waals surface area contributed by atoms with Crippen LogP contribution in [0.25, 0.3) is 0 Å². The maximum atomic E-state index is 12.3. The highest BCUT2D eigenvalue weighted by Gasteiger charge is 2.21. The van der Waals surface area contributed by atoms with Gasteiger partial charge in [-0.15, -0.1) is 0 Å². The van der Waals surface area contributed by atoms with Crippen molar-refractivity contribution in [2.75, 3.05) is 32.7 Å². The maximum absolute atomic E-state index is 12.3. The SMILES string of the molecule is C[C@H](CNC(=O)N1CCN(Cc2ccccn2)CC1)Cn1cccn1. The fourth-order valence-electron chi connectivity index (χ4n) is 3.00. The highest BCUT2D eigenvalue weighted by molar-refractivity contribution is 5.74. The second-order valence-corrected chi connectivity index (χ2v) is 6.60. The van der Waals surface area contributed by atoms with Crippen LogP contribution in [0.5, 0.6) is 0 Å². The van der Waals surface area contributed by atoms with Crippen LogP contribution in [0.3, 0.4) is 0 Å². The Morgan fingerprint density at radius 2 is 2.04 bits per heavy atom. The van der Waals surface area contributed by atoms with E-state index in [1.54, 1.807) is 6.20 Å². The summed E-state index contributed by atoms with van der Waals surface area (Å²) in [7, 11) is 0. The first-order chi connectivity index (χ1) is 12.2. The average Bonchev–Trinajstić information content (AvgIpc) is 3.14. The molecular formula is C18H26N6O. The molecule has 2 amide bonds. The lowest BCUT2D eigenvalue weighted by atomic mass is 10.2. The van der Waals surface area contributed by atoms with Crippen LogP contribution in [0.4, 0.5) is 4.79 Å². The molecule has 2 aromatic heterocycles. The van der Waals surface area contributed by atoms with Crippen LogP contribution in [0.1, 0.15) is 12.6 Å². The van der Waals surface area contributed by atoms with Crippen molar-refractivity contribution in [1.29, 1.82) is 0 Å². The number of rotatable bonds is 6. The smallest absolute Gasteiger partial charge is 0.317 e. The fraction of sp³-hybridized carbons (Fsp3) is 0.500. The number of nitrogens with zero attached hydrogens (tertiary/aromatic N) is 5. The van der Waals surface area contributed by atoms with Crippen molar-refractivity contribution in [3.8, 4) is 0 Å². The predicted octanol–water partition coefficient (Wildman–Crippen LogP) is 1.44. The molecule has 0 radical (unpaired) electrons. The summed E-state index contributed by atoms with van der Waals surface area (Å²) in [5, 5.41) is 7.24. The third-order valence-electron chi connectivity index (χ3n) is 4.43. The summed E-state index contributed by atoms with van der Waals surface area (Å²) < 4.78 is 1.90. The summed E-state index contributed by atoms with van der Waals surface area (Å²) in [4.78, 5) is 20.9. The zero-order chi connectivity index (χ0) is 17.5. The summed E-state index contributed by atoms with van der Waals surface area (Å²) in [5.41, 5.74) is 1.08. The van der Waals surface area contributed by atoms with Gasteiger partial charge in [0.2, 0.25) is 0 Å². The van der Waals surface area contributed by atoms with E-state index in [1.807, 2.05) is 46.2 Å². The Morgan fingerprint density at radius 1 is 1.20 bits per heavy atom. The third kappa shape index (κ3) is 5.29. The number of pyridine rings is 1. The lowest BCUT2D eigenvalue weighted by Gasteiger charge is -2.34.